The first-order valence-corrected chi connectivity index (χ1v) is 13.2. The van der Waals surface area contributed by atoms with Crippen molar-refractivity contribution in [2.45, 2.75) is 45.6 Å². The number of methoxy groups -OCH3 is 1. The molecule has 0 unspecified atom stereocenters. The van der Waals surface area contributed by atoms with Gasteiger partial charge >= 0.3 is 5.97 Å². The quantitative estimate of drug-likeness (QED) is 0.193. The van der Waals surface area contributed by atoms with Crippen molar-refractivity contribution in [1.82, 2.24) is 9.97 Å². The molecule has 0 atom stereocenters. The number of halogens is 3. The number of aryl methyl sites for hydroxylation is 1. The topological polar surface area (TPSA) is 109 Å². The number of alkyl halides is 2. The number of hydrogen-bond acceptors (Lipinski definition) is 8. The largest absolute Gasteiger partial charge is 0.466 e. The third kappa shape index (κ3) is 5.25. The van der Waals surface area contributed by atoms with Gasteiger partial charge < -0.3 is 14.4 Å². The zero-order valence-corrected chi connectivity index (χ0v) is 24.2. The minimum atomic E-state index is -3.49. The van der Waals surface area contributed by atoms with Gasteiger partial charge in [0.25, 0.3) is 11.8 Å². The molecule has 0 radical (unpaired) electrons. The van der Waals surface area contributed by atoms with Crippen LogP contribution in [0, 0.1) is 17.1 Å². The molecule has 1 fully saturated rings. The minimum Gasteiger partial charge on any atom is -0.466 e. The van der Waals surface area contributed by atoms with E-state index in [2.05, 4.69) is 14.7 Å². The maximum Gasteiger partial charge on any atom is 0.343 e. The summed E-state index contributed by atoms with van der Waals surface area (Å²) in [6.07, 6.45) is 2.17. The van der Waals surface area contributed by atoms with E-state index >= 15 is 4.39 Å². The van der Waals surface area contributed by atoms with Crippen LogP contribution in [0.5, 0.6) is 5.88 Å². The van der Waals surface area contributed by atoms with Crippen LogP contribution in [-0.4, -0.2) is 46.2 Å². The lowest BCUT2D eigenvalue weighted by Crippen LogP contribution is -2.44. The Bertz CT molecular complexity index is 1690. The van der Waals surface area contributed by atoms with Gasteiger partial charge in [0.05, 0.1) is 29.8 Å². The van der Waals surface area contributed by atoms with Crippen molar-refractivity contribution in [2.75, 3.05) is 23.5 Å². The Morgan fingerprint density at radius 2 is 1.93 bits per heavy atom. The van der Waals surface area contributed by atoms with Gasteiger partial charge in [0.2, 0.25) is 5.88 Å². The Kier molecular flexibility index (Phi) is 8.22. The van der Waals surface area contributed by atoms with Crippen molar-refractivity contribution >= 4 is 51.5 Å². The van der Waals surface area contributed by atoms with E-state index in [0.29, 0.717) is 12.5 Å². The van der Waals surface area contributed by atoms with Crippen LogP contribution in [0.4, 0.5) is 24.5 Å². The van der Waals surface area contributed by atoms with E-state index < -0.39 is 41.3 Å². The Morgan fingerprint density at radius 1 is 1.21 bits per heavy atom. The number of rotatable bonds is 8. The lowest BCUT2D eigenvalue weighted by Gasteiger charge is -2.29. The summed E-state index contributed by atoms with van der Waals surface area (Å²) in [7, 11) is 1.19. The SMILES string of the molecule is C/C=C/C(F)(F)c1cc(N2C(=O)C(C)(C)N(c3cc(F)c4nc(CC)nc(OCC(=O)OC)c4c3)C2=S)ccc1C#N. The summed E-state index contributed by atoms with van der Waals surface area (Å²) in [4.78, 5) is 36.4. The summed E-state index contributed by atoms with van der Waals surface area (Å²) in [5, 5.41) is 9.43. The number of esters is 1. The van der Waals surface area contributed by atoms with Gasteiger partial charge in [0, 0.05) is 17.7 Å². The van der Waals surface area contributed by atoms with Crippen LogP contribution in [0.1, 0.15) is 44.6 Å². The molecular weight excluding hydrogens is 571 g/mol. The molecule has 0 N–H and O–H groups in total. The lowest BCUT2D eigenvalue weighted by molar-refractivity contribution is -0.143. The van der Waals surface area contributed by atoms with Gasteiger partial charge in [-0.2, -0.15) is 19.0 Å². The molecule has 2 aromatic carbocycles. The van der Waals surface area contributed by atoms with Gasteiger partial charge in [-0.1, -0.05) is 13.0 Å². The van der Waals surface area contributed by atoms with E-state index in [1.54, 1.807) is 26.8 Å². The molecule has 1 aliphatic rings. The highest BCUT2D eigenvalue weighted by Crippen LogP contribution is 2.41. The number of benzene rings is 2. The van der Waals surface area contributed by atoms with Crippen molar-refractivity contribution in [3.8, 4) is 11.9 Å². The van der Waals surface area contributed by atoms with Gasteiger partial charge in [0.15, 0.2) is 17.5 Å². The van der Waals surface area contributed by atoms with E-state index in [1.807, 2.05) is 0 Å². The number of carbonyl (C=O) groups is 2. The molecule has 0 bridgehead atoms. The van der Waals surface area contributed by atoms with Crippen molar-refractivity contribution in [3.63, 3.8) is 0 Å². The fourth-order valence-corrected chi connectivity index (χ4v) is 5.10. The predicted octanol–water partition coefficient (Wildman–Crippen LogP) is 5.34. The maximum absolute atomic E-state index is 15.6. The van der Waals surface area contributed by atoms with E-state index in [1.165, 1.54) is 37.1 Å². The van der Waals surface area contributed by atoms with Crippen LogP contribution < -0.4 is 14.5 Å². The van der Waals surface area contributed by atoms with Crippen molar-refractivity contribution < 1.29 is 32.2 Å². The molecule has 3 aromatic rings. The summed E-state index contributed by atoms with van der Waals surface area (Å²) >= 11 is 5.66. The van der Waals surface area contributed by atoms with E-state index in [-0.39, 0.29) is 44.7 Å². The van der Waals surface area contributed by atoms with Gasteiger partial charge in [-0.25, -0.2) is 14.2 Å². The maximum atomic E-state index is 15.6. The molecule has 42 heavy (non-hydrogen) atoms. The van der Waals surface area contributed by atoms with Gasteiger partial charge in [-0.3, -0.25) is 9.69 Å². The molecule has 2 heterocycles. The van der Waals surface area contributed by atoms with E-state index in [4.69, 9.17) is 17.0 Å². The Labute approximate surface area is 245 Å². The van der Waals surface area contributed by atoms with Gasteiger partial charge in [-0.05, 0) is 69.4 Å². The average molecular weight is 598 g/mol. The van der Waals surface area contributed by atoms with Crippen LogP contribution in [0.25, 0.3) is 10.9 Å². The summed E-state index contributed by atoms with van der Waals surface area (Å²) in [5.41, 5.74) is -2.18. The lowest BCUT2D eigenvalue weighted by atomic mass is 9.99. The Morgan fingerprint density at radius 3 is 2.55 bits per heavy atom. The molecule has 1 aromatic heterocycles. The fourth-order valence-electron chi connectivity index (χ4n) is 4.58. The molecule has 13 heteroatoms. The molecular formula is C29H26F3N5O4S. The van der Waals surface area contributed by atoms with E-state index in [0.717, 1.165) is 23.1 Å². The van der Waals surface area contributed by atoms with E-state index in [9.17, 15) is 23.6 Å². The molecule has 218 valence electrons. The highest BCUT2D eigenvalue weighted by molar-refractivity contribution is 7.81. The average Bonchev–Trinajstić information content (AvgIpc) is 3.13. The van der Waals surface area contributed by atoms with Crippen molar-refractivity contribution in [3.05, 3.63) is 65.3 Å². The number of nitrogens with zero attached hydrogens (tertiary/aromatic N) is 5. The van der Waals surface area contributed by atoms with Crippen molar-refractivity contribution in [2.24, 2.45) is 0 Å². The number of anilines is 2. The number of carbonyl (C=O) groups excluding carboxylic acids is 2. The fraction of sp³-hybridized carbons (Fsp3) is 0.310. The summed E-state index contributed by atoms with van der Waals surface area (Å²) in [6.45, 7) is 5.80. The number of allylic oxidation sites excluding steroid dienone is 2. The molecule has 1 amide bonds. The monoisotopic (exact) mass is 597 g/mol. The second kappa shape index (κ2) is 11.4. The first-order valence-electron chi connectivity index (χ1n) is 12.8. The molecule has 0 saturated carbocycles. The highest BCUT2D eigenvalue weighted by atomic mass is 32.1. The van der Waals surface area contributed by atoms with Gasteiger partial charge in [-0.15, -0.1) is 0 Å². The second-order valence-corrected chi connectivity index (χ2v) is 10.1. The van der Waals surface area contributed by atoms with Crippen LogP contribution >= 0.6 is 12.2 Å². The highest BCUT2D eigenvalue weighted by Gasteiger charge is 2.51. The number of hydrogen-bond donors (Lipinski definition) is 0. The summed E-state index contributed by atoms with van der Waals surface area (Å²) in [5.74, 6) is -5.30. The predicted molar refractivity (Wildman–Crippen MR) is 153 cm³/mol. The van der Waals surface area contributed by atoms with Crippen LogP contribution in [0.15, 0.2) is 42.5 Å². The minimum absolute atomic E-state index is 0.0121. The Balaban J connectivity index is 1.85. The standard InChI is InChI=1S/C29H26F3N5O4S/c1-6-10-29(31,32)20-12-17(9-8-16(20)14-33)36-26(39)28(3,4)37(27(36)42)18-11-19-24(21(30)13-18)34-22(7-2)35-25(19)41-15-23(38)40-5/h6,8-13H,7,15H2,1-5H3/b10-6+. The number of aromatic nitrogens is 2. The first-order chi connectivity index (χ1) is 19.8. The summed E-state index contributed by atoms with van der Waals surface area (Å²) < 4.78 is 55.5. The van der Waals surface area contributed by atoms with Crippen LogP contribution in [0.3, 0.4) is 0 Å². The molecule has 0 spiro atoms. The van der Waals surface area contributed by atoms with Crippen LogP contribution in [-0.2, 0) is 26.7 Å². The number of thiocarbonyl (C=S) groups is 1. The number of amides is 1. The smallest absolute Gasteiger partial charge is 0.343 e. The molecule has 1 saturated heterocycles. The van der Waals surface area contributed by atoms with Crippen molar-refractivity contribution in [1.29, 1.82) is 5.26 Å². The second-order valence-electron chi connectivity index (χ2n) is 9.77. The molecule has 9 nitrogen and oxygen atoms in total. The number of nitriles is 1. The molecule has 4 rings (SSSR count). The third-order valence-corrected chi connectivity index (χ3v) is 7.03. The first kappa shape index (κ1) is 30.4. The zero-order valence-electron chi connectivity index (χ0n) is 23.4. The van der Waals surface area contributed by atoms with Crippen LogP contribution in [0.2, 0.25) is 0 Å². The Hall–Kier alpha value is -4.57. The van der Waals surface area contributed by atoms with Gasteiger partial charge in [0.1, 0.15) is 16.9 Å². The summed E-state index contributed by atoms with van der Waals surface area (Å²) in [6, 6.07) is 7.95. The number of ether oxygens (including phenoxy) is 2. The molecule has 0 aliphatic carbocycles. The number of fused-ring (bicyclic) bond motifs is 1. The normalized spacial score (nSPS) is 15.0. The third-order valence-electron chi connectivity index (χ3n) is 6.66. The molecule has 1 aliphatic heterocycles. The zero-order chi connectivity index (χ0) is 31.0.